The number of halogens is 1. The van der Waals surface area contributed by atoms with Crippen molar-refractivity contribution in [3.05, 3.63) is 53.6 Å². The first-order valence-electron chi connectivity index (χ1n) is 5.05. The number of sulfonamides is 1. The monoisotopic (exact) mass is 283 g/mol. The van der Waals surface area contributed by atoms with Gasteiger partial charge in [-0.15, -0.1) is 0 Å². The summed E-state index contributed by atoms with van der Waals surface area (Å²) in [5.41, 5.74) is 0.293. The van der Waals surface area contributed by atoms with Crippen molar-refractivity contribution < 1.29 is 13.5 Å². The smallest absolute Gasteiger partial charge is 0.261 e. The third-order valence-corrected chi connectivity index (χ3v) is 3.95. The SMILES string of the molecule is O=S(=O)(Nc1ccc(O)c(Cl)c1)c1ccccc1. The van der Waals surface area contributed by atoms with Crippen LogP contribution < -0.4 is 4.72 Å². The molecule has 0 aliphatic heterocycles. The molecule has 0 aromatic heterocycles. The number of hydrogen-bond acceptors (Lipinski definition) is 3. The van der Waals surface area contributed by atoms with Gasteiger partial charge in [0, 0.05) is 0 Å². The second-order valence-electron chi connectivity index (χ2n) is 3.58. The minimum absolute atomic E-state index is 0.0864. The van der Waals surface area contributed by atoms with Crippen LogP contribution >= 0.6 is 11.6 Å². The molecule has 0 saturated carbocycles. The van der Waals surface area contributed by atoms with E-state index in [9.17, 15) is 13.5 Å². The van der Waals surface area contributed by atoms with Crippen molar-refractivity contribution >= 4 is 27.3 Å². The summed E-state index contributed by atoms with van der Waals surface area (Å²) in [6.45, 7) is 0. The molecule has 2 rings (SSSR count). The highest BCUT2D eigenvalue weighted by molar-refractivity contribution is 7.92. The van der Waals surface area contributed by atoms with Gasteiger partial charge in [0.15, 0.2) is 0 Å². The number of phenols is 1. The molecule has 0 atom stereocenters. The van der Waals surface area contributed by atoms with Crippen LogP contribution in [-0.4, -0.2) is 13.5 Å². The van der Waals surface area contributed by atoms with Crippen LogP contribution in [0.15, 0.2) is 53.4 Å². The second kappa shape index (κ2) is 4.88. The van der Waals surface area contributed by atoms with Crippen molar-refractivity contribution in [2.75, 3.05) is 4.72 Å². The van der Waals surface area contributed by atoms with E-state index in [1.54, 1.807) is 18.2 Å². The van der Waals surface area contributed by atoms with Gasteiger partial charge in [0.2, 0.25) is 0 Å². The average molecular weight is 284 g/mol. The van der Waals surface area contributed by atoms with Gasteiger partial charge in [-0.25, -0.2) is 8.42 Å². The third-order valence-electron chi connectivity index (χ3n) is 2.25. The summed E-state index contributed by atoms with van der Waals surface area (Å²) in [6.07, 6.45) is 0. The minimum atomic E-state index is -3.63. The fourth-order valence-corrected chi connectivity index (χ4v) is 2.64. The zero-order valence-corrected chi connectivity index (χ0v) is 10.7. The Balaban J connectivity index is 2.31. The van der Waals surface area contributed by atoms with Crippen molar-refractivity contribution in [2.24, 2.45) is 0 Å². The normalized spacial score (nSPS) is 11.2. The molecule has 0 aliphatic carbocycles. The fourth-order valence-electron chi connectivity index (χ4n) is 1.38. The molecule has 2 aromatic rings. The highest BCUT2D eigenvalue weighted by Gasteiger charge is 2.13. The molecule has 0 bridgehead atoms. The Morgan fingerprint density at radius 2 is 1.72 bits per heavy atom. The lowest BCUT2D eigenvalue weighted by atomic mass is 10.3. The molecular weight excluding hydrogens is 274 g/mol. The number of anilines is 1. The lowest BCUT2D eigenvalue weighted by Gasteiger charge is -2.08. The summed E-state index contributed by atoms with van der Waals surface area (Å²) in [4.78, 5) is 0.161. The van der Waals surface area contributed by atoms with Crippen molar-refractivity contribution in [3.63, 3.8) is 0 Å². The van der Waals surface area contributed by atoms with Crippen LogP contribution in [0.25, 0.3) is 0 Å². The standard InChI is InChI=1S/C12H10ClNO3S/c13-11-8-9(6-7-12(11)15)14-18(16,17)10-4-2-1-3-5-10/h1-8,14-15H. The molecule has 0 saturated heterocycles. The summed E-state index contributed by atoms with van der Waals surface area (Å²) < 4.78 is 26.3. The quantitative estimate of drug-likeness (QED) is 0.851. The second-order valence-corrected chi connectivity index (χ2v) is 5.67. The molecule has 0 spiro atoms. The lowest BCUT2D eigenvalue weighted by Crippen LogP contribution is -2.12. The highest BCUT2D eigenvalue weighted by Crippen LogP contribution is 2.27. The van der Waals surface area contributed by atoms with E-state index in [0.29, 0.717) is 5.69 Å². The molecule has 6 heteroatoms. The molecular formula is C12H10ClNO3S. The van der Waals surface area contributed by atoms with Gasteiger partial charge in [-0.2, -0.15) is 0 Å². The maximum Gasteiger partial charge on any atom is 0.261 e. The van der Waals surface area contributed by atoms with Crippen molar-refractivity contribution in [1.29, 1.82) is 0 Å². The number of rotatable bonds is 3. The average Bonchev–Trinajstić information content (AvgIpc) is 2.35. The summed E-state index contributed by atoms with van der Waals surface area (Å²) in [5.74, 6) is -0.0978. The van der Waals surface area contributed by atoms with Gasteiger partial charge in [0.25, 0.3) is 10.0 Å². The Hall–Kier alpha value is -1.72. The van der Waals surface area contributed by atoms with Crippen LogP contribution in [0.1, 0.15) is 0 Å². The van der Waals surface area contributed by atoms with E-state index < -0.39 is 10.0 Å². The van der Waals surface area contributed by atoms with E-state index in [1.807, 2.05) is 0 Å². The third kappa shape index (κ3) is 2.75. The fraction of sp³-hybridized carbons (Fsp3) is 0. The maximum atomic E-state index is 12.0. The first-order chi connectivity index (χ1) is 8.49. The van der Waals surface area contributed by atoms with Crippen LogP contribution in [0.5, 0.6) is 5.75 Å². The molecule has 0 aliphatic rings. The molecule has 2 aromatic carbocycles. The number of nitrogens with one attached hydrogen (secondary N) is 1. The summed E-state index contributed by atoms with van der Waals surface area (Å²) >= 11 is 5.70. The Morgan fingerprint density at radius 1 is 1.06 bits per heavy atom. The van der Waals surface area contributed by atoms with Crippen LogP contribution in [0.3, 0.4) is 0 Å². The van der Waals surface area contributed by atoms with Crippen molar-refractivity contribution in [3.8, 4) is 5.75 Å². The maximum absolute atomic E-state index is 12.0. The van der Waals surface area contributed by atoms with Crippen LogP contribution in [0, 0.1) is 0 Å². The molecule has 4 nitrogen and oxygen atoms in total. The Bertz CT molecular complexity index is 656. The van der Waals surface area contributed by atoms with Gasteiger partial charge >= 0.3 is 0 Å². The van der Waals surface area contributed by atoms with Crippen LogP contribution in [-0.2, 0) is 10.0 Å². The highest BCUT2D eigenvalue weighted by atomic mass is 35.5. The van der Waals surface area contributed by atoms with E-state index in [1.165, 1.54) is 30.3 Å². The molecule has 0 unspecified atom stereocenters. The summed E-state index contributed by atoms with van der Waals surface area (Å²) in [6, 6.07) is 12.1. The predicted molar refractivity (Wildman–Crippen MR) is 70.4 cm³/mol. The van der Waals surface area contributed by atoms with E-state index in [-0.39, 0.29) is 15.7 Å². The number of hydrogen-bond donors (Lipinski definition) is 2. The Kier molecular flexibility index (Phi) is 3.45. The van der Waals surface area contributed by atoms with Crippen molar-refractivity contribution in [1.82, 2.24) is 0 Å². The molecule has 2 N–H and O–H groups in total. The van der Waals surface area contributed by atoms with Gasteiger partial charge in [-0.3, -0.25) is 4.72 Å². The van der Waals surface area contributed by atoms with Crippen molar-refractivity contribution in [2.45, 2.75) is 4.90 Å². The summed E-state index contributed by atoms with van der Waals surface area (Å²) in [5, 5.41) is 9.34. The van der Waals surface area contributed by atoms with Gasteiger partial charge in [0.05, 0.1) is 15.6 Å². The molecule has 18 heavy (non-hydrogen) atoms. The predicted octanol–water partition coefficient (Wildman–Crippen LogP) is 2.85. The van der Waals surface area contributed by atoms with Gasteiger partial charge in [-0.1, -0.05) is 29.8 Å². The molecule has 0 amide bonds. The van der Waals surface area contributed by atoms with E-state index in [2.05, 4.69) is 4.72 Å². The lowest BCUT2D eigenvalue weighted by molar-refractivity contribution is 0.475. The first-order valence-corrected chi connectivity index (χ1v) is 6.91. The van der Waals surface area contributed by atoms with Gasteiger partial charge in [0.1, 0.15) is 5.75 Å². The molecule has 94 valence electrons. The van der Waals surface area contributed by atoms with E-state index in [0.717, 1.165) is 0 Å². The minimum Gasteiger partial charge on any atom is -0.506 e. The van der Waals surface area contributed by atoms with E-state index >= 15 is 0 Å². The Morgan fingerprint density at radius 3 is 2.33 bits per heavy atom. The largest absolute Gasteiger partial charge is 0.506 e. The zero-order chi connectivity index (χ0) is 13.2. The first kappa shape index (κ1) is 12.7. The van der Waals surface area contributed by atoms with Crippen LogP contribution in [0.4, 0.5) is 5.69 Å². The van der Waals surface area contributed by atoms with Gasteiger partial charge in [-0.05, 0) is 30.3 Å². The molecule has 0 heterocycles. The molecule has 0 fully saturated rings. The van der Waals surface area contributed by atoms with E-state index in [4.69, 9.17) is 11.6 Å². The number of benzene rings is 2. The number of aromatic hydroxyl groups is 1. The summed E-state index contributed by atoms with van der Waals surface area (Å²) in [7, 11) is -3.63. The number of phenolic OH excluding ortho intramolecular Hbond substituents is 1. The zero-order valence-electron chi connectivity index (χ0n) is 9.17. The Labute approximate surface area is 110 Å². The topological polar surface area (TPSA) is 66.4 Å². The van der Waals surface area contributed by atoms with Gasteiger partial charge < -0.3 is 5.11 Å². The molecule has 0 radical (unpaired) electrons. The van der Waals surface area contributed by atoms with Crippen LogP contribution in [0.2, 0.25) is 5.02 Å².